The minimum atomic E-state index is -0.514. The van der Waals surface area contributed by atoms with E-state index in [9.17, 15) is 9.18 Å². The molecule has 0 spiro atoms. The maximum absolute atomic E-state index is 13.8. The zero-order valence-corrected chi connectivity index (χ0v) is 11.6. The van der Waals surface area contributed by atoms with E-state index in [-0.39, 0.29) is 23.6 Å². The quantitative estimate of drug-likeness (QED) is 0.835. The molecule has 1 saturated heterocycles. The van der Waals surface area contributed by atoms with Gasteiger partial charge in [0.05, 0.1) is 5.92 Å². The second-order valence-corrected chi connectivity index (χ2v) is 5.93. The molecule has 1 aromatic carbocycles. The highest BCUT2D eigenvalue weighted by Gasteiger charge is 2.37. The number of benzene rings is 1. The Hall–Kier alpha value is -1.42. The Morgan fingerprint density at radius 1 is 1.32 bits per heavy atom. The van der Waals surface area contributed by atoms with Crippen LogP contribution in [0.15, 0.2) is 24.3 Å². The number of hydrogen-bond donors (Lipinski definition) is 1. The number of hydrogen-bond acceptors (Lipinski definition) is 3. The summed E-state index contributed by atoms with van der Waals surface area (Å²) in [6, 6.07) is 6.62. The van der Waals surface area contributed by atoms with Gasteiger partial charge in [-0.2, -0.15) is 0 Å². The van der Waals surface area contributed by atoms with Crippen LogP contribution < -0.4 is 5.32 Å². The van der Waals surface area contributed by atoms with E-state index < -0.39 is 5.60 Å². The smallest absolute Gasteiger partial charge is 0.311 e. The van der Waals surface area contributed by atoms with E-state index in [4.69, 9.17) is 4.74 Å². The second kappa shape index (κ2) is 5.29. The van der Waals surface area contributed by atoms with Gasteiger partial charge in [-0.15, -0.1) is 0 Å². The van der Waals surface area contributed by atoms with Crippen LogP contribution in [0, 0.1) is 11.7 Å². The van der Waals surface area contributed by atoms with Gasteiger partial charge in [0.15, 0.2) is 0 Å². The number of carbonyl (C=O) groups excluding carboxylic acids is 1. The molecule has 1 aromatic rings. The lowest BCUT2D eigenvalue weighted by molar-refractivity contribution is -0.159. The third-order valence-electron chi connectivity index (χ3n) is 3.23. The molecule has 1 aliphatic heterocycles. The van der Waals surface area contributed by atoms with Gasteiger partial charge >= 0.3 is 5.97 Å². The van der Waals surface area contributed by atoms with Gasteiger partial charge in [0.1, 0.15) is 11.4 Å². The molecule has 2 rings (SSSR count). The van der Waals surface area contributed by atoms with Crippen LogP contribution in [-0.4, -0.2) is 24.7 Å². The number of halogens is 1. The fourth-order valence-corrected chi connectivity index (χ4v) is 2.41. The van der Waals surface area contributed by atoms with E-state index in [0.717, 1.165) is 0 Å². The van der Waals surface area contributed by atoms with Crippen molar-refractivity contribution in [3.63, 3.8) is 0 Å². The van der Waals surface area contributed by atoms with Crippen LogP contribution in [0.1, 0.15) is 32.3 Å². The van der Waals surface area contributed by atoms with Crippen LogP contribution in [0.4, 0.5) is 4.39 Å². The minimum absolute atomic E-state index is 0.156. The summed E-state index contributed by atoms with van der Waals surface area (Å²) in [4.78, 5) is 12.2. The zero-order chi connectivity index (χ0) is 14.0. The number of ether oxygens (including phenoxy) is 1. The van der Waals surface area contributed by atoms with Crippen LogP contribution in [-0.2, 0) is 9.53 Å². The molecule has 19 heavy (non-hydrogen) atoms. The molecule has 1 aliphatic rings. The summed E-state index contributed by atoms with van der Waals surface area (Å²) in [5, 5.41) is 3.15. The first-order valence-electron chi connectivity index (χ1n) is 6.56. The minimum Gasteiger partial charge on any atom is -0.460 e. The van der Waals surface area contributed by atoms with Crippen molar-refractivity contribution in [3.8, 4) is 0 Å². The molecule has 3 nitrogen and oxygen atoms in total. The fraction of sp³-hybridized carbons (Fsp3) is 0.533. The van der Waals surface area contributed by atoms with Gasteiger partial charge in [0, 0.05) is 19.0 Å². The highest BCUT2D eigenvalue weighted by Crippen LogP contribution is 2.31. The Balaban J connectivity index is 2.18. The molecule has 0 saturated carbocycles. The summed E-state index contributed by atoms with van der Waals surface area (Å²) in [5.74, 6) is -0.998. The lowest BCUT2D eigenvalue weighted by Crippen LogP contribution is -2.32. The van der Waals surface area contributed by atoms with Crippen molar-refractivity contribution in [2.75, 3.05) is 13.1 Å². The molecule has 104 valence electrons. The predicted molar refractivity (Wildman–Crippen MR) is 71.3 cm³/mol. The largest absolute Gasteiger partial charge is 0.460 e. The SMILES string of the molecule is CC(C)(C)OC(=O)[C@@H]1CNC[C@H]1c1ccccc1F. The van der Waals surface area contributed by atoms with Gasteiger partial charge in [-0.05, 0) is 32.4 Å². The maximum atomic E-state index is 13.8. The topological polar surface area (TPSA) is 38.3 Å². The van der Waals surface area contributed by atoms with Crippen molar-refractivity contribution >= 4 is 5.97 Å². The van der Waals surface area contributed by atoms with Crippen molar-refractivity contribution in [2.24, 2.45) is 5.92 Å². The highest BCUT2D eigenvalue weighted by atomic mass is 19.1. The molecular weight excluding hydrogens is 245 g/mol. The molecule has 1 fully saturated rings. The van der Waals surface area contributed by atoms with E-state index >= 15 is 0 Å². The first-order valence-corrected chi connectivity index (χ1v) is 6.56. The zero-order valence-electron chi connectivity index (χ0n) is 11.6. The monoisotopic (exact) mass is 265 g/mol. The summed E-state index contributed by atoms with van der Waals surface area (Å²) < 4.78 is 19.2. The Labute approximate surface area is 113 Å². The third kappa shape index (κ3) is 3.32. The van der Waals surface area contributed by atoms with Gasteiger partial charge in [-0.25, -0.2) is 4.39 Å². The van der Waals surface area contributed by atoms with Crippen molar-refractivity contribution in [1.29, 1.82) is 0 Å². The molecule has 0 unspecified atom stereocenters. The summed E-state index contributed by atoms with van der Waals surface area (Å²) >= 11 is 0. The first-order chi connectivity index (χ1) is 8.88. The van der Waals surface area contributed by atoms with Crippen LogP contribution >= 0.6 is 0 Å². The summed E-state index contributed by atoms with van der Waals surface area (Å²) in [5.41, 5.74) is 0.0720. The second-order valence-electron chi connectivity index (χ2n) is 5.93. The van der Waals surface area contributed by atoms with E-state index in [0.29, 0.717) is 18.7 Å². The molecule has 0 amide bonds. The summed E-state index contributed by atoms with van der Waals surface area (Å²) in [6.45, 7) is 6.65. The van der Waals surface area contributed by atoms with Gasteiger partial charge < -0.3 is 10.1 Å². The molecule has 2 atom stereocenters. The van der Waals surface area contributed by atoms with Gasteiger partial charge in [0.25, 0.3) is 0 Å². The highest BCUT2D eigenvalue weighted by molar-refractivity contribution is 5.75. The third-order valence-corrected chi connectivity index (χ3v) is 3.23. The summed E-state index contributed by atoms with van der Waals surface area (Å²) in [6.07, 6.45) is 0. The lowest BCUT2D eigenvalue weighted by Gasteiger charge is -2.24. The van der Waals surface area contributed by atoms with Crippen LogP contribution in [0.3, 0.4) is 0 Å². The van der Waals surface area contributed by atoms with Crippen LogP contribution in [0.5, 0.6) is 0 Å². The number of nitrogens with one attached hydrogen (secondary N) is 1. The van der Waals surface area contributed by atoms with Crippen molar-refractivity contribution in [2.45, 2.75) is 32.3 Å². The predicted octanol–water partition coefficient (Wildman–Crippen LogP) is 2.47. The van der Waals surface area contributed by atoms with Gasteiger partial charge in [-0.3, -0.25) is 4.79 Å². The van der Waals surface area contributed by atoms with Crippen LogP contribution in [0.2, 0.25) is 0 Å². The maximum Gasteiger partial charge on any atom is 0.311 e. The summed E-state index contributed by atoms with van der Waals surface area (Å²) in [7, 11) is 0. The molecular formula is C15H20FNO2. The van der Waals surface area contributed by atoms with E-state index in [1.54, 1.807) is 18.2 Å². The normalized spacial score (nSPS) is 23.4. The van der Waals surface area contributed by atoms with E-state index in [2.05, 4.69) is 5.32 Å². The van der Waals surface area contributed by atoms with Gasteiger partial charge in [-0.1, -0.05) is 18.2 Å². The average molecular weight is 265 g/mol. The Kier molecular flexibility index (Phi) is 3.90. The average Bonchev–Trinajstić information content (AvgIpc) is 2.76. The molecule has 4 heteroatoms. The number of rotatable bonds is 2. The van der Waals surface area contributed by atoms with Crippen LogP contribution in [0.25, 0.3) is 0 Å². The molecule has 0 bridgehead atoms. The fourth-order valence-electron chi connectivity index (χ4n) is 2.41. The van der Waals surface area contributed by atoms with E-state index in [1.807, 2.05) is 20.8 Å². The van der Waals surface area contributed by atoms with Crippen molar-refractivity contribution in [1.82, 2.24) is 5.32 Å². The van der Waals surface area contributed by atoms with Crippen molar-refractivity contribution < 1.29 is 13.9 Å². The Bertz CT molecular complexity index is 467. The first kappa shape index (κ1) is 14.0. The molecule has 1 heterocycles. The molecule has 0 radical (unpaired) electrons. The molecule has 1 N–H and O–H groups in total. The van der Waals surface area contributed by atoms with Crippen molar-refractivity contribution in [3.05, 3.63) is 35.6 Å². The Morgan fingerprint density at radius 3 is 2.63 bits per heavy atom. The number of carbonyl (C=O) groups is 1. The molecule has 0 aliphatic carbocycles. The number of esters is 1. The Morgan fingerprint density at radius 2 is 2.00 bits per heavy atom. The lowest BCUT2D eigenvalue weighted by atomic mass is 9.88. The van der Waals surface area contributed by atoms with E-state index in [1.165, 1.54) is 6.07 Å². The standard InChI is InChI=1S/C15H20FNO2/c1-15(2,3)19-14(18)12-9-17-8-11(12)10-6-4-5-7-13(10)16/h4-7,11-12,17H,8-9H2,1-3H3/t11-,12+/m0/s1. The molecule has 0 aromatic heterocycles. The van der Waals surface area contributed by atoms with Gasteiger partial charge in [0.2, 0.25) is 0 Å².